The number of amides is 4. The standard InChI is InChI=1S/C21H13ClN4O3/c22-14-5-7-15(8-6-14)26-20(28)17(19(27)24-21(26)29)11-13-12-25(10-9-23)18-4-2-1-3-16(13)18/h1-8,11-12H,10H2,(H,24,27,29). The molecule has 1 aromatic heterocycles. The van der Waals surface area contributed by atoms with Gasteiger partial charge in [0.2, 0.25) is 0 Å². The van der Waals surface area contributed by atoms with E-state index in [0.717, 1.165) is 15.8 Å². The Hall–Kier alpha value is -3.89. The molecule has 0 unspecified atom stereocenters. The molecule has 29 heavy (non-hydrogen) atoms. The summed E-state index contributed by atoms with van der Waals surface area (Å²) >= 11 is 5.87. The van der Waals surface area contributed by atoms with E-state index in [9.17, 15) is 14.4 Å². The number of aromatic nitrogens is 1. The van der Waals surface area contributed by atoms with E-state index in [0.29, 0.717) is 16.3 Å². The van der Waals surface area contributed by atoms with E-state index >= 15 is 0 Å². The highest BCUT2D eigenvalue weighted by atomic mass is 35.5. The minimum atomic E-state index is -0.827. The van der Waals surface area contributed by atoms with Crippen molar-refractivity contribution in [2.24, 2.45) is 0 Å². The maximum Gasteiger partial charge on any atom is 0.335 e. The van der Waals surface area contributed by atoms with Crippen LogP contribution in [0.5, 0.6) is 0 Å². The Morgan fingerprint density at radius 2 is 1.79 bits per heavy atom. The number of nitrogens with zero attached hydrogens (tertiary/aromatic N) is 3. The Labute approximate surface area is 170 Å². The van der Waals surface area contributed by atoms with Crippen LogP contribution in [0.25, 0.3) is 17.0 Å². The summed E-state index contributed by atoms with van der Waals surface area (Å²) in [7, 11) is 0. The molecule has 0 spiro atoms. The second-order valence-electron chi connectivity index (χ2n) is 6.32. The summed E-state index contributed by atoms with van der Waals surface area (Å²) in [4.78, 5) is 38.5. The molecule has 1 saturated heterocycles. The molecule has 0 saturated carbocycles. The third-order valence-electron chi connectivity index (χ3n) is 4.55. The minimum absolute atomic E-state index is 0.124. The molecule has 1 fully saturated rings. The van der Waals surface area contributed by atoms with Crippen LogP contribution < -0.4 is 10.2 Å². The number of rotatable bonds is 3. The molecular formula is C21H13ClN4O3. The summed E-state index contributed by atoms with van der Waals surface area (Å²) in [6, 6.07) is 14.7. The fourth-order valence-corrected chi connectivity index (χ4v) is 3.36. The van der Waals surface area contributed by atoms with Crippen molar-refractivity contribution < 1.29 is 14.4 Å². The minimum Gasteiger partial charge on any atom is -0.333 e. The van der Waals surface area contributed by atoms with E-state index in [2.05, 4.69) is 11.4 Å². The third kappa shape index (κ3) is 3.26. The summed E-state index contributed by atoms with van der Waals surface area (Å²) in [6.07, 6.45) is 3.13. The highest BCUT2D eigenvalue weighted by Gasteiger charge is 2.36. The number of imide groups is 2. The first kappa shape index (κ1) is 18.5. The Bertz CT molecular complexity index is 1240. The topological polar surface area (TPSA) is 95.2 Å². The highest BCUT2D eigenvalue weighted by molar-refractivity contribution is 6.39. The van der Waals surface area contributed by atoms with Gasteiger partial charge in [0.05, 0.1) is 11.8 Å². The number of nitriles is 1. The monoisotopic (exact) mass is 404 g/mol. The lowest BCUT2D eigenvalue weighted by atomic mass is 10.1. The number of carbonyl (C=O) groups excluding carboxylic acids is 3. The molecule has 2 aromatic carbocycles. The van der Waals surface area contributed by atoms with E-state index in [1.54, 1.807) is 22.9 Å². The summed E-state index contributed by atoms with van der Waals surface area (Å²) in [5.41, 5.74) is 1.51. The number of para-hydroxylation sites is 1. The van der Waals surface area contributed by atoms with E-state index < -0.39 is 17.8 Å². The third-order valence-corrected chi connectivity index (χ3v) is 4.80. The summed E-state index contributed by atoms with van der Waals surface area (Å²) < 4.78 is 1.73. The number of carbonyl (C=O) groups is 3. The first-order valence-electron chi connectivity index (χ1n) is 8.61. The van der Waals surface area contributed by atoms with Crippen molar-refractivity contribution in [3.05, 3.63) is 70.9 Å². The molecule has 0 bridgehead atoms. The number of benzene rings is 2. The van der Waals surface area contributed by atoms with Crippen LogP contribution in [0, 0.1) is 11.3 Å². The van der Waals surface area contributed by atoms with Crippen molar-refractivity contribution in [3.8, 4) is 6.07 Å². The van der Waals surface area contributed by atoms with E-state index in [1.165, 1.54) is 18.2 Å². The zero-order valence-corrected chi connectivity index (χ0v) is 15.7. The van der Waals surface area contributed by atoms with E-state index in [1.807, 2.05) is 24.3 Å². The molecule has 4 amide bonds. The SMILES string of the molecule is N#CCn1cc(C=C2C(=O)NC(=O)N(c3ccc(Cl)cc3)C2=O)c2ccccc21. The van der Waals surface area contributed by atoms with Gasteiger partial charge in [0.25, 0.3) is 11.8 Å². The van der Waals surface area contributed by atoms with Gasteiger partial charge in [0.1, 0.15) is 12.1 Å². The summed E-state index contributed by atoms with van der Waals surface area (Å²) in [5.74, 6) is -1.51. The Morgan fingerprint density at radius 3 is 2.52 bits per heavy atom. The predicted octanol–water partition coefficient (Wildman–Crippen LogP) is 3.48. The number of hydrogen-bond donors (Lipinski definition) is 1. The first-order chi connectivity index (χ1) is 14.0. The van der Waals surface area contributed by atoms with Crippen molar-refractivity contribution in [2.75, 3.05) is 4.90 Å². The van der Waals surface area contributed by atoms with Crippen LogP contribution in [0.1, 0.15) is 5.56 Å². The van der Waals surface area contributed by atoms with Crippen molar-refractivity contribution in [1.29, 1.82) is 5.26 Å². The van der Waals surface area contributed by atoms with Crippen LogP contribution in [-0.4, -0.2) is 22.4 Å². The zero-order chi connectivity index (χ0) is 20.5. The maximum absolute atomic E-state index is 13.0. The lowest BCUT2D eigenvalue weighted by Gasteiger charge is -2.26. The molecule has 1 N–H and O–H groups in total. The fourth-order valence-electron chi connectivity index (χ4n) is 3.23. The average molecular weight is 405 g/mol. The number of nitrogens with one attached hydrogen (secondary N) is 1. The van der Waals surface area contributed by atoms with Gasteiger partial charge in [-0.05, 0) is 36.4 Å². The van der Waals surface area contributed by atoms with Gasteiger partial charge >= 0.3 is 6.03 Å². The molecule has 1 aliphatic rings. The summed E-state index contributed by atoms with van der Waals surface area (Å²) in [5, 5.41) is 12.5. The second-order valence-corrected chi connectivity index (χ2v) is 6.76. The molecule has 0 aliphatic carbocycles. The number of anilines is 1. The molecule has 2 heterocycles. The molecule has 3 aromatic rings. The number of halogens is 1. The number of fused-ring (bicyclic) bond motifs is 1. The average Bonchev–Trinajstić information content (AvgIpc) is 3.04. The molecule has 1 aliphatic heterocycles. The number of hydrogen-bond acceptors (Lipinski definition) is 4. The lowest BCUT2D eigenvalue weighted by Crippen LogP contribution is -2.54. The molecule has 4 rings (SSSR count). The van der Waals surface area contributed by atoms with Crippen molar-refractivity contribution in [3.63, 3.8) is 0 Å². The van der Waals surface area contributed by atoms with Crippen LogP contribution in [0.4, 0.5) is 10.5 Å². The van der Waals surface area contributed by atoms with Crippen LogP contribution in [-0.2, 0) is 16.1 Å². The van der Waals surface area contributed by atoms with Crippen LogP contribution >= 0.6 is 11.6 Å². The van der Waals surface area contributed by atoms with Gasteiger partial charge in [0.15, 0.2) is 0 Å². The molecule has 142 valence electrons. The van der Waals surface area contributed by atoms with Gasteiger partial charge in [-0.25, -0.2) is 9.69 Å². The normalized spacial score (nSPS) is 15.7. The van der Waals surface area contributed by atoms with Gasteiger partial charge in [-0.1, -0.05) is 29.8 Å². The lowest BCUT2D eigenvalue weighted by molar-refractivity contribution is -0.122. The van der Waals surface area contributed by atoms with E-state index in [4.69, 9.17) is 16.9 Å². The van der Waals surface area contributed by atoms with Gasteiger partial charge < -0.3 is 4.57 Å². The van der Waals surface area contributed by atoms with Crippen molar-refractivity contribution >= 4 is 52.1 Å². The van der Waals surface area contributed by atoms with Gasteiger partial charge in [-0.15, -0.1) is 0 Å². The Balaban J connectivity index is 1.81. The van der Waals surface area contributed by atoms with Crippen molar-refractivity contribution in [1.82, 2.24) is 9.88 Å². The maximum atomic E-state index is 13.0. The van der Waals surface area contributed by atoms with E-state index in [-0.39, 0.29) is 12.1 Å². The number of urea groups is 1. The Kier molecular flexibility index (Phi) is 4.63. The largest absolute Gasteiger partial charge is 0.335 e. The smallest absolute Gasteiger partial charge is 0.333 e. The predicted molar refractivity (Wildman–Crippen MR) is 108 cm³/mol. The van der Waals surface area contributed by atoms with Crippen LogP contribution in [0.3, 0.4) is 0 Å². The fraction of sp³-hybridized carbons (Fsp3) is 0.0476. The van der Waals surface area contributed by atoms with Gasteiger partial charge in [-0.3, -0.25) is 14.9 Å². The molecule has 0 atom stereocenters. The highest BCUT2D eigenvalue weighted by Crippen LogP contribution is 2.27. The first-order valence-corrected chi connectivity index (χ1v) is 8.99. The Morgan fingerprint density at radius 1 is 1.07 bits per heavy atom. The van der Waals surface area contributed by atoms with Crippen molar-refractivity contribution in [2.45, 2.75) is 6.54 Å². The molecule has 8 heteroatoms. The van der Waals surface area contributed by atoms with Gasteiger partial charge in [-0.2, -0.15) is 5.26 Å². The van der Waals surface area contributed by atoms with Crippen LogP contribution in [0.2, 0.25) is 5.02 Å². The second kappa shape index (κ2) is 7.26. The quantitative estimate of drug-likeness (QED) is 0.534. The zero-order valence-electron chi connectivity index (χ0n) is 14.9. The number of barbiturate groups is 1. The molecule has 0 radical (unpaired) electrons. The molecular weight excluding hydrogens is 392 g/mol. The molecule has 7 nitrogen and oxygen atoms in total. The summed E-state index contributed by atoms with van der Waals surface area (Å²) in [6.45, 7) is 0.124. The van der Waals surface area contributed by atoms with Crippen LogP contribution in [0.15, 0.2) is 60.3 Å². The van der Waals surface area contributed by atoms with Gasteiger partial charge in [0, 0.05) is 27.7 Å².